The summed E-state index contributed by atoms with van der Waals surface area (Å²) in [4.78, 5) is 81.9. The first-order chi connectivity index (χ1) is 15.8. The number of hydrogen-bond donors (Lipinski definition) is 8. The van der Waals surface area contributed by atoms with Crippen LogP contribution < -0.4 is 33.2 Å². The van der Waals surface area contributed by atoms with E-state index in [0.29, 0.717) is 5.75 Å². The van der Waals surface area contributed by atoms with Crippen molar-refractivity contribution in [3.8, 4) is 0 Å². The molecule has 0 aromatic carbocycles. The average Bonchev–Trinajstić information content (AvgIpc) is 2.72. The average molecular weight is 507 g/mol. The number of nitrogens with one attached hydrogen (secondary N) is 3. The normalized spacial score (nSPS) is 14.1. The van der Waals surface area contributed by atoms with E-state index in [1.54, 1.807) is 6.26 Å². The van der Waals surface area contributed by atoms with E-state index in [2.05, 4.69) is 10.6 Å². The zero-order valence-electron chi connectivity index (χ0n) is 18.4. The summed E-state index contributed by atoms with van der Waals surface area (Å²) in [6.07, 6.45) is -0.121. The summed E-state index contributed by atoms with van der Waals surface area (Å²) in [5, 5.41) is 24.5. The molecule has 34 heavy (non-hydrogen) atoms. The van der Waals surface area contributed by atoms with Crippen molar-refractivity contribution >= 4 is 53.2 Å². The van der Waals surface area contributed by atoms with Crippen LogP contribution >= 0.6 is 11.8 Å². The molecule has 0 fully saturated rings. The lowest BCUT2D eigenvalue weighted by Gasteiger charge is -2.24. The molecule has 16 heteroatoms. The van der Waals surface area contributed by atoms with Crippen LogP contribution in [-0.4, -0.2) is 87.9 Å². The lowest BCUT2D eigenvalue weighted by atomic mass is 10.1. The molecule has 192 valence electrons. The summed E-state index contributed by atoms with van der Waals surface area (Å²) in [5.41, 5.74) is 15.8. The van der Waals surface area contributed by atoms with Gasteiger partial charge in [-0.2, -0.15) is 11.8 Å². The van der Waals surface area contributed by atoms with Crippen molar-refractivity contribution in [1.29, 1.82) is 0 Å². The number of rotatable bonds is 17. The molecule has 4 atom stereocenters. The maximum atomic E-state index is 12.7. The molecule has 0 heterocycles. The summed E-state index contributed by atoms with van der Waals surface area (Å²) in [6, 6.07) is -5.81. The van der Waals surface area contributed by atoms with Gasteiger partial charge < -0.3 is 43.4 Å². The first-order valence-electron chi connectivity index (χ1n) is 9.95. The molecule has 0 spiro atoms. The number of primary amides is 2. The third kappa shape index (κ3) is 12.6. The minimum absolute atomic E-state index is 0.0213. The topological polar surface area (TPSA) is 274 Å². The lowest BCUT2D eigenvalue weighted by molar-refractivity contribution is -0.147. The fourth-order valence-corrected chi connectivity index (χ4v) is 3.01. The first-order valence-corrected chi connectivity index (χ1v) is 11.3. The Morgan fingerprint density at radius 3 is 1.76 bits per heavy atom. The Labute approximate surface area is 198 Å². The van der Waals surface area contributed by atoms with Gasteiger partial charge >= 0.3 is 11.9 Å². The van der Waals surface area contributed by atoms with Crippen LogP contribution in [-0.2, 0) is 33.6 Å². The smallest absolute Gasteiger partial charge is 0.326 e. The largest absolute Gasteiger partial charge is 0.481 e. The van der Waals surface area contributed by atoms with Crippen molar-refractivity contribution < 1.29 is 43.8 Å². The van der Waals surface area contributed by atoms with Gasteiger partial charge in [0.05, 0.1) is 18.9 Å². The number of hydrogen-bond acceptors (Lipinski definition) is 9. The van der Waals surface area contributed by atoms with Crippen molar-refractivity contribution in [2.45, 2.75) is 56.3 Å². The van der Waals surface area contributed by atoms with Gasteiger partial charge in [-0.1, -0.05) is 0 Å². The minimum atomic E-state index is -1.75. The molecule has 5 amide bonds. The van der Waals surface area contributed by atoms with Crippen molar-refractivity contribution in [2.24, 2.45) is 17.2 Å². The zero-order valence-corrected chi connectivity index (χ0v) is 19.3. The van der Waals surface area contributed by atoms with Gasteiger partial charge in [0.25, 0.3) is 0 Å². The maximum absolute atomic E-state index is 12.7. The SMILES string of the molecule is CSCCC(NC(=O)C(CC(N)=O)NC(=O)C(N)CCC(N)=O)C(=O)NC(CC(=O)O)C(=O)O. The van der Waals surface area contributed by atoms with E-state index in [0.717, 1.165) is 0 Å². The Morgan fingerprint density at radius 2 is 1.29 bits per heavy atom. The number of thioether (sulfide) groups is 1. The molecule has 4 unspecified atom stereocenters. The molecule has 0 aromatic rings. The summed E-state index contributed by atoms with van der Waals surface area (Å²) < 4.78 is 0. The van der Waals surface area contributed by atoms with E-state index >= 15 is 0 Å². The number of carbonyl (C=O) groups is 7. The molecular formula is C18H30N6O9S. The van der Waals surface area contributed by atoms with Crippen molar-refractivity contribution in [3.63, 3.8) is 0 Å². The number of amides is 5. The molecule has 0 rings (SSSR count). The third-order valence-electron chi connectivity index (χ3n) is 4.31. The van der Waals surface area contributed by atoms with Gasteiger partial charge in [-0.05, 0) is 24.9 Å². The molecule has 0 saturated carbocycles. The van der Waals surface area contributed by atoms with Crippen LogP contribution in [0.25, 0.3) is 0 Å². The van der Waals surface area contributed by atoms with Crippen molar-refractivity contribution in [3.05, 3.63) is 0 Å². The van der Waals surface area contributed by atoms with Crippen molar-refractivity contribution in [2.75, 3.05) is 12.0 Å². The predicted octanol–water partition coefficient (Wildman–Crippen LogP) is -3.78. The highest BCUT2D eigenvalue weighted by Crippen LogP contribution is 2.05. The quantitative estimate of drug-likeness (QED) is 0.0947. The van der Waals surface area contributed by atoms with Crippen LogP contribution in [0.1, 0.15) is 32.1 Å². The summed E-state index contributed by atoms with van der Waals surface area (Å²) in [7, 11) is 0. The van der Waals surface area contributed by atoms with Gasteiger partial charge in [0.2, 0.25) is 29.5 Å². The maximum Gasteiger partial charge on any atom is 0.326 e. The van der Waals surface area contributed by atoms with Crippen LogP contribution in [0, 0.1) is 0 Å². The van der Waals surface area contributed by atoms with Crippen LogP contribution in [0.2, 0.25) is 0 Å². The van der Waals surface area contributed by atoms with Crippen LogP contribution in [0.4, 0.5) is 0 Å². The Hall–Kier alpha value is -3.40. The van der Waals surface area contributed by atoms with E-state index < -0.39 is 78.5 Å². The Morgan fingerprint density at radius 1 is 0.765 bits per heavy atom. The molecule has 0 aliphatic heterocycles. The van der Waals surface area contributed by atoms with E-state index in [9.17, 15) is 33.6 Å². The fraction of sp³-hybridized carbons (Fsp3) is 0.611. The van der Waals surface area contributed by atoms with E-state index in [1.807, 2.05) is 5.32 Å². The minimum Gasteiger partial charge on any atom is -0.481 e. The third-order valence-corrected chi connectivity index (χ3v) is 4.96. The zero-order chi connectivity index (χ0) is 26.4. The van der Waals surface area contributed by atoms with Crippen molar-refractivity contribution in [1.82, 2.24) is 16.0 Å². The molecule has 11 N–H and O–H groups in total. The second kappa shape index (κ2) is 15.4. The number of aliphatic carboxylic acids is 2. The fourth-order valence-electron chi connectivity index (χ4n) is 2.54. The first kappa shape index (κ1) is 30.6. The number of nitrogens with two attached hydrogens (primary N) is 3. The van der Waals surface area contributed by atoms with E-state index in [-0.39, 0.29) is 19.3 Å². The Bertz CT molecular complexity index is 794. The predicted molar refractivity (Wildman–Crippen MR) is 119 cm³/mol. The molecule has 0 bridgehead atoms. The molecule has 0 radical (unpaired) electrons. The Kier molecular flexibility index (Phi) is 13.9. The molecule has 0 saturated heterocycles. The molecule has 0 aromatic heterocycles. The van der Waals surface area contributed by atoms with Gasteiger partial charge in [-0.25, -0.2) is 4.79 Å². The lowest BCUT2D eigenvalue weighted by Crippen LogP contribution is -2.58. The second-order valence-corrected chi connectivity index (χ2v) is 8.17. The molecule has 0 aliphatic carbocycles. The van der Waals surface area contributed by atoms with Gasteiger partial charge in [-0.15, -0.1) is 0 Å². The highest BCUT2D eigenvalue weighted by molar-refractivity contribution is 7.98. The van der Waals surface area contributed by atoms with Gasteiger partial charge in [-0.3, -0.25) is 28.8 Å². The van der Waals surface area contributed by atoms with Crippen LogP contribution in [0.15, 0.2) is 0 Å². The van der Waals surface area contributed by atoms with Gasteiger partial charge in [0, 0.05) is 6.42 Å². The van der Waals surface area contributed by atoms with E-state index in [4.69, 9.17) is 27.4 Å². The van der Waals surface area contributed by atoms with Crippen LogP contribution in [0.5, 0.6) is 0 Å². The number of carboxylic acid groups (broad SMARTS) is 2. The van der Waals surface area contributed by atoms with Gasteiger partial charge in [0.15, 0.2) is 0 Å². The summed E-state index contributed by atoms with van der Waals surface area (Å²) in [6.45, 7) is 0. The number of carbonyl (C=O) groups excluding carboxylic acids is 5. The standard InChI is InChI=1S/C18H30N6O9S/c1-34-5-4-9(16(30)24-11(18(32)33)7-14(27)28)22-17(31)10(6-13(21)26)23-15(29)8(19)2-3-12(20)25/h8-11H,2-7,19H2,1H3,(H2,20,25)(H2,21,26)(H,22,31)(H,23,29)(H,24,30)(H,27,28)(H,32,33). The van der Waals surface area contributed by atoms with E-state index in [1.165, 1.54) is 11.8 Å². The summed E-state index contributed by atoms with van der Waals surface area (Å²) in [5.74, 6) is -7.19. The molecular weight excluding hydrogens is 476 g/mol. The second-order valence-electron chi connectivity index (χ2n) is 7.18. The molecule has 15 nitrogen and oxygen atoms in total. The summed E-state index contributed by atoms with van der Waals surface area (Å²) >= 11 is 1.31. The monoisotopic (exact) mass is 506 g/mol. The highest BCUT2D eigenvalue weighted by atomic mass is 32.2. The number of carboxylic acids is 2. The van der Waals surface area contributed by atoms with Crippen LogP contribution in [0.3, 0.4) is 0 Å². The van der Waals surface area contributed by atoms with Gasteiger partial charge in [0.1, 0.15) is 18.1 Å². The molecule has 0 aliphatic rings. The highest BCUT2D eigenvalue weighted by Gasteiger charge is 2.31. The Balaban J connectivity index is 5.47.